The molecular formula is C17H14ClN3O2. The molecule has 1 unspecified atom stereocenters. The van der Waals surface area contributed by atoms with Crippen LogP contribution in [0, 0.1) is 0 Å². The topological polar surface area (TPSA) is 66.3 Å². The molecule has 0 saturated carbocycles. The second-order valence-electron chi connectivity index (χ2n) is 5.01. The Bertz CT molecular complexity index is 772. The van der Waals surface area contributed by atoms with Crippen molar-refractivity contribution < 1.29 is 9.90 Å². The first kappa shape index (κ1) is 15.2. The van der Waals surface area contributed by atoms with E-state index in [1.54, 1.807) is 6.07 Å². The standard InChI is InChI=1S/C17H14ClN3O2/c18-14-8-4-5-9-15(14)21(13-6-2-1-3-7-13)17-19-10-12(11-20-17)16(22)23/h1-6,8-11,13H,7H2,(H,22,23). The van der Waals surface area contributed by atoms with Gasteiger partial charge < -0.3 is 10.0 Å². The molecule has 1 aromatic heterocycles. The van der Waals surface area contributed by atoms with E-state index < -0.39 is 5.97 Å². The average molecular weight is 328 g/mol. The first-order valence-corrected chi connectivity index (χ1v) is 7.47. The van der Waals surface area contributed by atoms with Crippen LogP contribution in [0.4, 0.5) is 11.6 Å². The number of allylic oxidation sites excluding steroid dienone is 2. The van der Waals surface area contributed by atoms with Crippen molar-refractivity contribution in [2.24, 2.45) is 0 Å². The first-order chi connectivity index (χ1) is 11.2. The highest BCUT2D eigenvalue weighted by Crippen LogP contribution is 2.33. The Morgan fingerprint density at radius 1 is 1.22 bits per heavy atom. The summed E-state index contributed by atoms with van der Waals surface area (Å²) in [6.07, 6.45) is 11.4. The molecule has 3 rings (SSSR count). The van der Waals surface area contributed by atoms with E-state index in [9.17, 15) is 4.79 Å². The van der Waals surface area contributed by atoms with Crippen molar-refractivity contribution in [3.63, 3.8) is 0 Å². The van der Waals surface area contributed by atoms with Crippen LogP contribution in [0.1, 0.15) is 16.8 Å². The summed E-state index contributed by atoms with van der Waals surface area (Å²) in [6.45, 7) is 0. The molecule has 1 aliphatic rings. The maximum atomic E-state index is 11.0. The number of aromatic nitrogens is 2. The lowest BCUT2D eigenvalue weighted by atomic mass is 10.1. The van der Waals surface area contributed by atoms with Crippen LogP contribution in [0.2, 0.25) is 5.02 Å². The molecule has 1 heterocycles. The van der Waals surface area contributed by atoms with Crippen molar-refractivity contribution in [1.82, 2.24) is 9.97 Å². The molecule has 0 fully saturated rings. The Hall–Kier alpha value is -2.66. The van der Waals surface area contributed by atoms with Crippen molar-refractivity contribution in [2.75, 3.05) is 4.90 Å². The lowest BCUT2D eigenvalue weighted by Gasteiger charge is -2.31. The van der Waals surface area contributed by atoms with Gasteiger partial charge in [0.15, 0.2) is 0 Å². The van der Waals surface area contributed by atoms with Crippen LogP contribution in [0.15, 0.2) is 61.0 Å². The Kier molecular flexibility index (Phi) is 4.39. The summed E-state index contributed by atoms with van der Waals surface area (Å²) in [6, 6.07) is 7.45. The zero-order valence-electron chi connectivity index (χ0n) is 12.1. The maximum Gasteiger partial charge on any atom is 0.338 e. The number of aromatic carboxylic acids is 1. The lowest BCUT2D eigenvalue weighted by molar-refractivity contribution is 0.0696. The maximum absolute atomic E-state index is 11.0. The molecule has 23 heavy (non-hydrogen) atoms. The van der Waals surface area contributed by atoms with Crippen molar-refractivity contribution in [1.29, 1.82) is 0 Å². The van der Waals surface area contributed by atoms with Crippen LogP contribution in [0.3, 0.4) is 0 Å². The monoisotopic (exact) mass is 327 g/mol. The Morgan fingerprint density at radius 3 is 2.57 bits per heavy atom. The molecule has 1 aliphatic carbocycles. The van der Waals surface area contributed by atoms with Crippen LogP contribution in [0.5, 0.6) is 0 Å². The van der Waals surface area contributed by atoms with Gasteiger partial charge in [0.25, 0.3) is 0 Å². The van der Waals surface area contributed by atoms with E-state index in [-0.39, 0.29) is 11.6 Å². The molecule has 1 aromatic carbocycles. The summed E-state index contributed by atoms with van der Waals surface area (Å²) in [4.78, 5) is 21.3. The summed E-state index contributed by atoms with van der Waals surface area (Å²) in [7, 11) is 0. The van der Waals surface area contributed by atoms with Crippen LogP contribution < -0.4 is 4.90 Å². The minimum atomic E-state index is -1.05. The molecule has 1 N–H and O–H groups in total. The van der Waals surface area contributed by atoms with Crippen LogP contribution in [-0.4, -0.2) is 27.1 Å². The number of nitrogens with zero attached hydrogens (tertiary/aromatic N) is 3. The average Bonchev–Trinajstić information content (AvgIpc) is 2.58. The molecule has 0 saturated heterocycles. The molecule has 0 aliphatic heterocycles. The molecule has 0 bridgehead atoms. The van der Waals surface area contributed by atoms with Gasteiger partial charge in [-0.15, -0.1) is 0 Å². The zero-order valence-corrected chi connectivity index (χ0v) is 12.9. The SMILES string of the molecule is O=C(O)c1cnc(N(c2ccccc2Cl)C2C=CC=CC2)nc1. The largest absolute Gasteiger partial charge is 0.478 e. The minimum absolute atomic E-state index is 0.00979. The van der Waals surface area contributed by atoms with E-state index in [1.807, 2.05) is 41.3 Å². The Balaban J connectivity index is 2.04. The van der Waals surface area contributed by atoms with Crippen LogP contribution in [0.25, 0.3) is 0 Å². The normalized spacial score (nSPS) is 16.3. The van der Waals surface area contributed by atoms with E-state index in [4.69, 9.17) is 16.7 Å². The molecule has 6 heteroatoms. The molecule has 1 atom stereocenters. The summed E-state index contributed by atoms with van der Waals surface area (Å²) in [5, 5.41) is 9.57. The first-order valence-electron chi connectivity index (χ1n) is 7.09. The number of carboxylic acids is 1. The van der Waals surface area contributed by atoms with Gasteiger partial charge in [-0.3, -0.25) is 0 Å². The predicted molar refractivity (Wildman–Crippen MR) is 89.3 cm³/mol. The molecule has 116 valence electrons. The van der Waals surface area contributed by atoms with Gasteiger partial charge in [-0.05, 0) is 18.6 Å². The molecule has 5 nitrogen and oxygen atoms in total. The lowest BCUT2D eigenvalue weighted by Crippen LogP contribution is -2.31. The number of anilines is 2. The van der Waals surface area contributed by atoms with Crippen molar-refractivity contribution in [3.05, 3.63) is 71.5 Å². The highest BCUT2D eigenvalue weighted by Gasteiger charge is 2.23. The van der Waals surface area contributed by atoms with Gasteiger partial charge in [-0.25, -0.2) is 14.8 Å². The number of hydrogen-bond donors (Lipinski definition) is 1. The highest BCUT2D eigenvalue weighted by molar-refractivity contribution is 6.33. The van der Waals surface area contributed by atoms with E-state index >= 15 is 0 Å². The van der Waals surface area contributed by atoms with Crippen molar-refractivity contribution >= 4 is 29.2 Å². The Morgan fingerprint density at radius 2 is 1.96 bits per heavy atom. The summed E-state index contributed by atoms with van der Waals surface area (Å²) in [5.41, 5.74) is 0.828. The number of carboxylic acid groups (broad SMARTS) is 1. The van der Waals surface area contributed by atoms with E-state index in [2.05, 4.69) is 16.0 Å². The number of rotatable bonds is 4. The minimum Gasteiger partial charge on any atom is -0.478 e. The zero-order chi connectivity index (χ0) is 16.2. The second-order valence-corrected chi connectivity index (χ2v) is 5.42. The summed E-state index contributed by atoms with van der Waals surface area (Å²) in [5.74, 6) is -0.644. The number of para-hydroxylation sites is 1. The summed E-state index contributed by atoms with van der Waals surface area (Å²) < 4.78 is 0. The van der Waals surface area contributed by atoms with Crippen molar-refractivity contribution in [3.8, 4) is 0 Å². The van der Waals surface area contributed by atoms with Gasteiger partial charge in [-0.1, -0.05) is 48.0 Å². The van der Waals surface area contributed by atoms with Gasteiger partial charge in [-0.2, -0.15) is 0 Å². The number of hydrogen-bond acceptors (Lipinski definition) is 4. The molecule has 0 radical (unpaired) electrons. The highest BCUT2D eigenvalue weighted by atomic mass is 35.5. The van der Waals surface area contributed by atoms with E-state index in [0.29, 0.717) is 11.0 Å². The van der Waals surface area contributed by atoms with Gasteiger partial charge >= 0.3 is 5.97 Å². The van der Waals surface area contributed by atoms with Crippen molar-refractivity contribution in [2.45, 2.75) is 12.5 Å². The van der Waals surface area contributed by atoms with E-state index in [1.165, 1.54) is 12.4 Å². The smallest absolute Gasteiger partial charge is 0.338 e. The number of halogens is 1. The molecule has 0 amide bonds. The van der Waals surface area contributed by atoms with Crippen LogP contribution in [-0.2, 0) is 0 Å². The third-order valence-electron chi connectivity index (χ3n) is 3.50. The molecular weight excluding hydrogens is 314 g/mol. The number of carbonyl (C=O) groups is 1. The van der Waals surface area contributed by atoms with Gasteiger partial charge in [0.2, 0.25) is 5.95 Å². The molecule has 0 spiro atoms. The Labute approximate surface area is 138 Å². The number of benzene rings is 1. The fraction of sp³-hybridized carbons (Fsp3) is 0.118. The van der Waals surface area contributed by atoms with E-state index in [0.717, 1.165) is 12.1 Å². The predicted octanol–water partition coefficient (Wildman–Crippen LogP) is 3.85. The fourth-order valence-electron chi connectivity index (χ4n) is 2.40. The van der Waals surface area contributed by atoms with Gasteiger partial charge in [0.1, 0.15) is 0 Å². The third-order valence-corrected chi connectivity index (χ3v) is 3.82. The quantitative estimate of drug-likeness (QED) is 0.923. The van der Waals surface area contributed by atoms with Gasteiger partial charge in [0.05, 0.1) is 22.3 Å². The van der Waals surface area contributed by atoms with Crippen LogP contribution >= 0.6 is 11.6 Å². The molecule has 2 aromatic rings. The second kappa shape index (κ2) is 6.62. The van der Waals surface area contributed by atoms with Gasteiger partial charge in [0, 0.05) is 12.4 Å². The fourth-order valence-corrected chi connectivity index (χ4v) is 2.62. The summed E-state index contributed by atoms with van der Waals surface area (Å²) >= 11 is 6.34. The third kappa shape index (κ3) is 3.24.